The molecule has 0 unspecified atom stereocenters. The largest absolute Gasteiger partial charge is 0.495 e. The van der Waals surface area contributed by atoms with Gasteiger partial charge in [-0.1, -0.05) is 24.3 Å². The standard InChI is InChI=1S/C21H21N3O6S/c1-23-31(27,28)19-14-16(8-10-18(19)29-2)9-11-21(26)30-15-20(25)24(13-12-22)17-6-4-3-5-7-17/h3-11,14,23H,13,15H2,1-2H3/b11-9+. The molecule has 162 valence electrons. The van der Waals surface area contributed by atoms with Gasteiger partial charge in [-0.05, 0) is 43.0 Å². The van der Waals surface area contributed by atoms with Crippen LogP contribution in [0, 0.1) is 11.3 Å². The number of nitrogens with zero attached hydrogens (tertiary/aromatic N) is 2. The third kappa shape index (κ3) is 6.40. The van der Waals surface area contributed by atoms with Crippen LogP contribution in [0.25, 0.3) is 6.08 Å². The highest BCUT2D eigenvalue weighted by Gasteiger charge is 2.18. The molecule has 0 heterocycles. The summed E-state index contributed by atoms with van der Waals surface area (Å²) < 4.78 is 36.4. The van der Waals surface area contributed by atoms with Crippen molar-refractivity contribution in [2.45, 2.75) is 4.90 Å². The van der Waals surface area contributed by atoms with Gasteiger partial charge in [0, 0.05) is 11.8 Å². The van der Waals surface area contributed by atoms with Gasteiger partial charge in [-0.25, -0.2) is 17.9 Å². The molecule has 2 aromatic rings. The highest BCUT2D eigenvalue weighted by Crippen LogP contribution is 2.25. The van der Waals surface area contributed by atoms with Crippen LogP contribution in [0.3, 0.4) is 0 Å². The number of para-hydroxylation sites is 1. The average Bonchev–Trinajstić information content (AvgIpc) is 2.79. The van der Waals surface area contributed by atoms with Crippen LogP contribution >= 0.6 is 0 Å². The van der Waals surface area contributed by atoms with Crippen molar-refractivity contribution in [3.63, 3.8) is 0 Å². The van der Waals surface area contributed by atoms with E-state index in [2.05, 4.69) is 4.72 Å². The Labute approximate surface area is 180 Å². The van der Waals surface area contributed by atoms with Crippen molar-refractivity contribution in [1.29, 1.82) is 5.26 Å². The van der Waals surface area contributed by atoms with Crippen molar-refractivity contribution in [2.24, 2.45) is 0 Å². The Morgan fingerprint density at radius 3 is 2.52 bits per heavy atom. The van der Waals surface area contributed by atoms with E-state index >= 15 is 0 Å². The zero-order chi connectivity index (χ0) is 22.9. The van der Waals surface area contributed by atoms with E-state index in [0.29, 0.717) is 11.3 Å². The summed E-state index contributed by atoms with van der Waals surface area (Å²) in [7, 11) is -1.15. The number of rotatable bonds is 9. The lowest BCUT2D eigenvalue weighted by atomic mass is 10.2. The van der Waals surface area contributed by atoms with Crippen molar-refractivity contribution < 1.29 is 27.5 Å². The van der Waals surface area contributed by atoms with Crippen LogP contribution in [0.4, 0.5) is 5.69 Å². The van der Waals surface area contributed by atoms with E-state index in [1.807, 2.05) is 6.07 Å². The second-order valence-corrected chi connectivity index (χ2v) is 7.89. The molecule has 0 aliphatic carbocycles. The second kappa shape index (κ2) is 10.9. The molecule has 0 bridgehead atoms. The third-order valence-corrected chi connectivity index (χ3v) is 5.53. The Morgan fingerprint density at radius 2 is 1.90 bits per heavy atom. The number of nitrogens with one attached hydrogen (secondary N) is 1. The fourth-order valence-electron chi connectivity index (χ4n) is 2.54. The van der Waals surface area contributed by atoms with Gasteiger partial charge in [0.1, 0.15) is 17.2 Å². The molecule has 0 atom stereocenters. The smallest absolute Gasteiger partial charge is 0.331 e. The quantitative estimate of drug-likeness (QED) is 0.355. The minimum atomic E-state index is -3.77. The Morgan fingerprint density at radius 1 is 1.19 bits per heavy atom. The van der Waals surface area contributed by atoms with Crippen molar-refractivity contribution in [2.75, 3.05) is 32.2 Å². The number of carbonyl (C=O) groups is 2. The minimum absolute atomic E-state index is 0.0850. The van der Waals surface area contributed by atoms with Gasteiger partial charge in [0.05, 0.1) is 13.2 Å². The Hall–Kier alpha value is -3.68. The third-order valence-electron chi connectivity index (χ3n) is 4.09. The summed E-state index contributed by atoms with van der Waals surface area (Å²) in [6.45, 7) is -0.744. The number of sulfonamides is 1. The summed E-state index contributed by atoms with van der Waals surface area (Å²) in [6, 6.07) is 14.8. The molecule has 0 radical (unpaired) electrons. The van der Waals surface area contributed by atoms with Gasteiger partial charge in [-0.3, -0.25) is 9.69 Å². The molecular formula is C21H21N3O6S. The Kier molecular flexibility index (Phi) is 8.31. The molecule has 2 rings (SSSR count). The van der Waals surface area contributed by atoms with Crippen LogP contribution in [-0.2, 0) is 24.3 Å². The lowest BCUT2D eigenvalue weighted by Gasteiger charge is -2.19. The molecule has 0 spiro atoms. The Bertz CT molecular complexity index is 1110. The summed E-state index contributed by atoms with van der Waals surface area (Å²) in [5.74, 6) is -1.20. The van der Waals surface area contributed by atoms with Crippen LogP contribution < -0.4 is 14.4 Å². The van der Waals surface area contributed by atoms with Crippen molar-refractivity contribution in [3.05, 3.63) is 60.2 Å². The number of benzene rings is 2. The highest BCUT2D eigenvalue weighted by molar-refractivity contribution is 7.89. The zero-order valence-corrected chi connectivity index (χ0v) is 17.8. The van der Waals surface area contributed by atoms with E-state index in [9.17, 15) is 18.0 Å². The molecule has 9 nitrogen and oxygen atoms in total. The fraction of sp³-hybridized carbons (Fsp3) is 0.190. The summed E-state index contributed by atoms with van der Waals surface area (Å²) in [6.07, 6.45) is 2.42. The van der Waals surface area contributed by atoms with Crippen molar-refractivity contribution in [3.8, 4) is 11.8 Å². The molecule has 0 saturated heterocycles. The molecule has 0 saturated carbocycles. The molecule has 1 N–H and O–H groups in total. The number of esters is 1. The number of nitriles is 1. The van der Waals surface area contributed by atoms with Crippen LogP contribution in [0.1, 0.15) is 5.56 Å². The van der Waals surface area contributed by atoms with Gasteiger partial charge < -0.3 is 9.47 Å². The Balaban J connectivity index is 2.06. The zero-order valence-electron chi connectivity index (χ0n) is 16.9. The monoisotopic (exact) mass is 443 g/mol. The van der Waals surface area contributed by atoms with Gasteiger partial charge in [0.25, 0.3) is 5.91 Å². The first-order valence-electron chi connectivity index (χ1n) is 9.01. The second-order valence-electron chi connectivity index (χ2n) is 6.03. The maximum Gasteiger partial charge on any atom is 0.331 e. The average molecular weight is 443 g/mol. The lowest BCUT2D eigenvalue weighted by Crippen LogP contribution is -2.34. The van der Waals surface area contributed by atoms with E-state index < -0.39 is 28.5 Å². The topological polar surface area (TPSA) is 126 Å². The number of hydrogen-bond donors (Lipinski definition) is 1. The van der Waals surface area contributed by atoms with Crippen LogP contribution in [0.15, 0.2) is 59.5 Å². The molecule has 31 heavy (non-hydrogen) atoms. The van der Waals surface area contributed by atoms with Gasteiger partial charge in [-0.2, -0.15) is 5.26 Å². The maximum absolute atomic E-state index is 12.4. The number of carbonyl (C=O) groups excluding carboxylic acids is 2. The van der Waals surface area contributed by atoms with Gasteiger partial charge >= 0.3 is 5.97 Å². The predicted octanol–water partition coefficient (Wildman–Crippen LogP) is 1.72. The van der Waals surface area contributed by atoms with Crippen LogP contribution in [0.2, 0.25) is 0 Å². The van der Waals surface area contributed by atoms with Gasteiger partial charge in [0.15, 0.2) is 6.61 Å². The first-order valence-corrected chi connectivity index (χ1v) is 10.5. The van der Waals surface area contributed by atoms with E-state index in [1.165, 1.54) is 37.3 Å². The van der Waals surface area contributed by atoms with E-state index in [1.54, 1.807) is 36.4 Å². The lowest BCUT2D eigenvalue weighted by molar-refractivity contribution is -0.142. The number of methoxy groups -OCH3 is 1. The number of hydrogen-bond acceptors (Lipinski definition) is 7. The number of amides is 1. The molecular weight excluding hydrogens is 422 g/mol. The summed E-state index contributed by atoms with van der Waals surface area (Å²) >= 11 is 0. The van der Waals surface area contributed by atoms with Crippen molar-refractivity contribution >= 4 is 33.7 Å². The van der Waals surface area contributed by atoms with Crippen LogP contribution in [0.5, 0.6) is 5.75 Å². The molecule has 1 amide bonds. The normalized spacial score (nSPS) is 11.0. The summed E-state index contributed by atoms with van der Waals surface area (Å²) in [4.78, 5) is 25.5. The SMILES string of the molecule is CNS(=O)(=O)c1cc(/C=C/C(=O)OCC(=O)N(CC#N)c2ccccc2)ccc1OC. The maximum atomic E-state index is 12.4. The first kappa shape index (κ1) is 23.6. The molecule has 0 aliphatic rings. The number of anilines is 1. The molecule has 10 heteroatoms. The number of ether oxygens (including phenoxy) is 2. The van der Waals surface area contributed by atoms with Gasteiger partial charge in [-0.15, -0.1) is 0 Å². The van der Waals surface area contributed by atoms with Crippen LogP contribution in [-0.4, -0.2) is 47.6 Å². The predicted molar refractivity (Wildman–Crippen MR) is 114 cm³/mol. The molecule has 0 aromatic heterocycles. The first-order chi connectivity index (χ1) is 14.8. The van der Waals surface area contributed by atoms with E-state index in [4.69, 9.17) is 14.7 Å². The summed E-state index contributed by atoms with van der Waals surface area (Å²) in [5.41, 5.74) is 0.922. The molecule has 2 aromatic carbocycles. The van der Waals surface area contributed by atoms with E-state index in [-0.39, 0.29) is 17.2 Å². The van der Waals surface area contributed by atoms with Gasteiger partial charge in [0.2, 0.25) is 10.0 Å². The highest BCUT2D eigenvalue weighted by atomic mass is 32.2. The van der Waals surface area contributed by atoms with E-state index in [0.717, 1.165) is 6.08 Å². The molecule has 0 aliphatic heterocycles. The van der Waals surface area contributed by atoms with Crippen molar-refractivity contribution in [1.82, 2.24) is 4.72 Å². The minimum Gasteiger partial charge on any atom is -0.495 e. The summed E-state index contributed by atoms with van der Waals surface area (Å²) in [5, 5.41) is 8.95. The fourth-order valence-corrected chi connectivity index (χ4v) is 3.47. The molecule has 0 fully saturated rings.